The van der Waals surface area contributed by atoms with E-state index in [0.717, 1.165) is 0 Å². The first-order chi connectivity index (χ1) is 8.18. The summed E-state index contributed by atoms with van der Waals surface area (Å²) in [6, 6.07) is 4.02. The van der Waals surface area contributed by atoms with E-state index < -0.39 is 11.7 Å². The fraction of sp³-hybridized carbons (Fsp3) is 0. The number of rotatable bonds is 2. The summed E-state index contributed by atoms with van der Waals surface area (Å²) < 4.78 is 13.1. The minimum Gasteiger partial charge on any atom is -0.305 e. The van der Waals surface area contributed by atoms with Crippen LogP contribution in [0.2, 0.25) is 5.02 Å². The summed E-state index contributed by atoms with van der Waals surface area (Å²) in [5, 5.41) is 2.25. The molecule has 0 atom stereocenters. The quantitative estimate of drug-likeness (QED) is 0.892. The van der Waals surface area contributed by atoms with E-state index >= 15 is 0 Å². The van der Waals surface area contributed by atoms with Crippen LogP contribution in [0, 0.1) is 5.82 Å². The van der Waals surface area contributed by atoms with Crippen molar-refractivity contribution in [3.05, 3.63) is 53.2 Å². The highest BCUT2D eigenvalue weighted by Crippen LogP contribution is 2.20. The van der Waals surface area contributed by atoms with Crippen molar-refractivity contribution in [3.8, 4) is 0 Å². The average molecular weight is 252 g/mol. The van der Waals surface area contributed by atoms with Gasteiger partial charge >= 0.3 is 0 Å². The topological polar surface area (TPSA) is 54.9 Å². The number of carbonyl (C=O) groups is 1. The van der Waals surface area contributed by atoms with Crippen molar-refractivity contribution in [2.24, 2.45) is 0 Å². The molecule has 0 saturated carbocycles. The maximum absolute atomic E-state index is 13.1. The van der Waals surface area contributed by atoms with Gasteiger partial charge in [0, 0.05) is 12.4 Å². The Morgan fingerprint density at radius 2 is 2.18 bits per heavy atom. The van der Waals surface area contributed by atoms with Crippen molar-refractivity contribution < 1.29 is 9.18 Å². The van der Waals surface area contributed by atoms with Crippen LogP contribution in [0.5, 0.6) is 0 Å². The van der Waals surface area contributed by atoms with Gasteiger partial charge in [0.2, 0.25) is 0 Å². The number of nitrogens with one attached hydrogen (secondary N) is 1. The molecular weight excluding hydrogens is 245 g/mol. The molecule has 1 aromatic heterocycles. The van der Waals surface area contributed by atoms with Gasteiger partial charge < -0.3 is 5.32 Å². The molecule has 0 unspecified atom stereocenters. The summed E-state index contributed by atoms with van der Waals surface area (Å²) in [7, 11) is 0. The Labute approximate surface area is 101 Å². The van der Waals surface area contributed by atoms with Crippen molar-refractivity contribution >= 4 is 23.3 Å². The number of aromatic nitrogens is 2. The lowest BCUT2D eigenvalue weighted by molar-refractivity contribution is 0.102. The molecule has 0 bridgehead atoms. The molecule has 17 heavy (non-hydrogen) atoms. The van der Waals surface area contributed by atoms with Gasteiger partial charge in [-0.05, 0) is 12.1 Å². The highest BCUT2D eigenvalue weighted by Gasteiger charge is 2.13. The Morgan fingerprint density at radius 1 is 1.35 bits per heavy atom. The Balaban J connectivity index is 2.24. The maximum Gasteiger partial charge on any atom is 0.258 e. The van der Waals surface area contributed by atoms with E-state index in [9.17, 15) is 9.18 Å². The first kappa shape index (κ1) is 11.5. The Bertz CT molecular complexity index is 548. The molecule has 0 aliphatic rings. The van der Waals surface area contributed by atoms with Gasteiger partial charge in [0.25, 0.3) is 5.91 Å². The van der Waals surface area contributed by atoms with Crippen molar-refractivity contribution in [1.29, 1.82) is 0 Å². The number of anilines is 1. The highest BCUT2D eigenvalue weighted by molar-refractivity contribution is 6.34. The molecule has 0 fully saturated rings. The summed E-state index contributed by atoms with van der Waals surface area (Å²) in [4.78, 5) is 19.4. The van der Waals surface area contributed by atoms with E-state index in [4.69, 9.17) is 11.6 Å². The Kier molecular flexibility index (Phi) is 3.30. The molecule has 2 rings (SSSR count). The average Bonchev–Trinajstić information content (AvgIpc) is 2.34. The third-order valence-corrected chi connectivity index (χ3v) is 2.39. The minimum atomic E-state index is -0.640. The zero-order valence-electron chi connectivity index (χ0n) is 8.52. The molecular formula is C11H7ClFN3O. The number of hydrogen-bond donors (Lipinski definition) is 1. The zero-order valence-corrected chi connectivity index (χ0v) is 9.28. The van der Waals surface area contributed by atoms with Crippen molar-refractivity contribution in [1.82, 2.24) is 9.97 Å². The van der Waals surface area contributed by atoms with Crippen LogP contribution in [0.3, 0.4) is 0 Å². The number of benzene rings is 1. The number of nitrogens with zero attached hydrogens (tertiary/aromatic N) is 2. The lowest BCUT2D eigenvalue weighted by Crippen LogP contribution is -2.14. The van der Waals surface area contributed by atoms with E-state index in [2.05, 4.69) is 15.3 Å². The Hall–Kier alpha value is -2.01. The monoisotopic (exact) mass is 251 g/mol. The first-order valence-electron chi connectivity index (χ1n) is 4.70. The van der Waals surface area contributed by atoms with Crippen molar-refractivity contribution in [2.45, 2.75) is 0 Å². The van der Waals surface area contributed by atoms with Gasteiger partial charge in [-0.3, -0.25) is 9.78 Å². The molecule has 1 N–H and O–H groups in total. The van der Waals surface area contributed by atoms with Crippen LogP contribution in [0.4, 0.5) is 10.2 Å². The van der Waals surface area contributed by atoms with Gasteiger partial charge in [0.05, 0.1) is 16.8 Å². The fourth-order valence-corrected chi connectivity index (χ4v) is 1.44. The molecule has 0 saturated heterocycles. The van der Waals surface area contributed by atoms with Crippen LogP contribution >= 0.6 is 11.6 Å². The Morgan fingerprint density at radius 3 is 2.88 bits per heavy atom. The molecule has 2 aromatic rings. The summed E-state index contributed by atoms with van der Waals surface area (Å²) in [6.07, 6.45) is 4.29. The molecule has 0 spiro atoms. The SMILES string of the molecule is O=C(Nc1cnccn1)c1cccc(F)c1Cl. The van der Waals surface area contributed by atoms with E-state index in [-0.39, 0.29) is 16.4 Å². The second-order valence-electron chi connectivity index (χ2n) is 3.15. The van der Waals surface area contributed by atoms with Gasteiger partial charge in [-0.25, -0.2) is 9.37 Å². The standard InChI is InChI=1S/C11H7ClFN3O/c12-10-7(2-1-3-8(10)13)11(17)16-9-6-14-4-5-15-9/h1-6H,(H,15,16,17). The van der Waals surface area contributed by atoms with Gasteiger partial charge in [0.15, 0.2) is 5.82 Å². The molecule has 1 amide bonds. The zero-order chi connectivity index (χ0) is 12.3. The van der Waals surface area contributed by atoms with Crippen LogP contribution in [-0.2, 0) is 0 Å². The lowest BCUT2D eigenvalue weighted by atomic mass is 10.2. The number of halogens is 2. The van der Waals surface area contributed by atoms with E-state index in [1.165, 1.54) is 36.8 Å². The minimum absolute atomic E-state index is 0.0531. The molecule has 4 nitrogen and oxygen atoms in total. The predicted octanol–water partition coefficient (Wildman–Crippen LogP) is 2.52. The molecule has 86 valence electrons. The molecule has 0 aliphatic carbocycles. The summed E-state index contributed by atoms with van der Waals surface area (Å²) in [6.45, 7) is 0. The van der Waals surface area contributed by atoms with Crippen LogP contribution in [-0.4, -0.2) is 15.9 Å². The second kappa shape index (κ2) is 4.88. The van der Waals surface area contributed by atoms with Gasteiger partial charge in [-0.15, -0.1) is 0 Å². The normalized spacial score (nSPS) is 10.0. The van der Waals surface area contributed by atoms with Crippen molar-refractivity contribution in [3.63, 3.8) is 0 Å². The fourth-order valence-electron chi connectivity index (χ4n) is 1.23. The highest BCUT2D eigenvalue weighted by atomic mass is 35.5. The van der Waals surface area contributed by atoms with Crippen LogP contribution < -0.4 is 5.32 Å². The number of amides is 1. The second-order valence-corrected chi connectivity index (χ2v) is 3.52. The van der Waals surface area contributed by atoms with Gasteiger partial charge in [0.1, 0.15) is 5.82 Å². The summed E-state index contributed by atoms with van der Waals surface area (Å²) in [5.41, 5.74) is 0.0531. The van der Waals surface area contributed by atoms with Crippen molar-refractivity contribution in [2.75, 3.05) is 5.32 Å². The predicted molar refractivity (Wildman–Crippen MR) is 61.4 cm³/mol. The van der Waals surface area contributed by atoms with Gasteiger partial charge in [-0.2, -0.15) is 0 Å². The molecule has 1 aromatic carbocycles. The summed E-state index contributed by atoms with van der Waals surface area (Å²) in [5.74, 6) is -0.897. The van der Waals surface area contributed by atoms with Gasteiger partial charge in [-0.1, -0.05) is 17.7 Å². The number of carbonyl (C=O) groups excluding carboxylic acids is 1. The molecule has 6 heteroatoms. The maximum atomic E-state index is 13.1. The summed E-state index contributed by atoms with van der Waals surface area (Å²) >= 11 is 5.68. The molecule has 0 radical (unpaired) electrons. The number of hydrogen-bond acceptors (Lipinski definition) is 3. The third kappa shape index (κ3) is 2.57. The largest absolute Gasteiger partial charge is 0.305 e. The molecule has 1 heterocycles. The van der Waals surface area contributed by atoms with E-state index in [0.29, 0.717) is 0 Å². The van der Waals surface area contributed by atoms with E-state index in [1.807, 2.05) is 0 Å². The van der Waals surface area contributed by atoms with Crippen LogP contribution in [0.1, 0.15) is 10.4 Å². The van der Waals surface area contributed by atoms with Crippen LogP contribution in [0.15, 0.2) is 36.8 Å². The first-order valence-corrected chi connectivity index (χ1v) is 5.07. The molecule has 0 aliphatic heterocycles. The lowest BCUT2D eigenvalue weighted by Gasteiger charge is -2.05. The third-order valence-electron chi connectivity index (χ3n) is 2.00. The smallest absolute Gasteiger partial charge is 0.258 e. The van der Waals surface area contributed by atoms with Crippen LogP contribution in [0.25, 0.3) is 0 Å². The van der Waals surface area contributed by atoms with E-state index in [1.54, 1.807) is 0 Å².